The van der Waals surface area contributed by atoms with Gasteiger partial charge in [-0.3, -0.25) is 25.2 Å². The molecule has 0 unspecified atom stereocenters. The number of hydrogen-bond acceptors (Lipinski definition) is 7. The largest absolute Gasteiger partial charge is 0.466 e. The molecule has 9 nitrogen and oxygen atoms in total. The Morgan fingerprint density at radius 2 is 2.20 bits per heavy atom. The van der Waals surface area contributed by atoms with Gasteiger partial charge in [0.1, 0.15) is 5.69 Å². The molecule has 2 aromatic rings. The smallest absolute Gasteiger partial charge is 0.333 e. The van der Waals surface area contributed by atoms with E-state index in [1.807, 2.05) is 0 Å². The van der Waals surface area contributed by atoms with E-state index in [0.717, 1.165) is 0 Å². The molecule has 2 heterocycles. The number of hydrogen-bond donors (Lipinski definition) is 2. The van der Waals surface area contributed by atoms with E-state index in [1.165, 1.54) is 26.3 Å². The van der Waals surface area contributed by atoms with E-state index in [4.69, 9.17) is 0 Å². The highest BCUT2D eigenvalue weighted by molar-refractivity contribution is 6.06. The Kier molecular flexibility index (Phi) is 5.88. The lowest BCUT2D eigenvalue weighted by Crippen LogP contribution is -2.15. The van der Waals surface area contributed by atoms with Gasteiger partial charge in [-0.1, -0.05) is 6.07 Å². The molecule has 9 heteroatoms. The number of amides is 1. The lowest BCUT2D eigenvalue weighted by molar-refractivity contribution is -0.136. The zero-order chi connectivity index (χ0) is 18.2. The van der Waals surface area contributed by atoms with Gasteiger partial charge in [0.05, 0.1) is 12.7 Å². The summed E-state index contributed by atoms with van der Waals surface area (Å²) in [5.74, 6) is -0.644. The minimum Gasteiger partial charge on any atom is -0.466 e. The number of pyridine rings is 1. The molecule has 0 saturated heterocycles. The molecule has 0 spiro atoms. The van der Waals surface area contributed by atoms with Crippen LogP contribution in [0.25, 0.3) is 11.5 Å². The summed E-state index contributed by atoms with van der Waals surface area (Å²) in [4.78, 5) is 35.6. The number of carbonyl (C=O) groups excluding carboxylic acids is 2. The van der Waals surface area contributed by atoms with Gasteiger partial charge < -0.3 is 4.74 Å². The number of aromatic amines is 1. The molecule has 0 atom stereocenters. The van der Waals surface area contributed by atoms with Gasteiger partial charge >= 0.3 is 5.97 Å². The van der Waals surface area contributed by atoms with E-state index in [9.17, 15) is 9.59 Å². The second-order valence-electron chi connectivity index (χ2n) is 4.76. The summed E-state index contributed by atoms with van der Waals surface area (Å²) in [5.41, 5.74) is 0.916. The minimum absolute atomic E-state index is 0.0599. The van der Waals surface area contributed by atoms with Gasteiger partial charge in [-0.25, -0.2) is 4.79 Å². The molecular weight excluding hydrogens is 324 g/mol. The van der Waals surface area contributed by atoms with Crippen molar-refractivity contribution in [2.45, 2.75) is 6.92 Å². The number of ether oxygens (including phenoxy) is 1. The summed E-state index contributed by atoms with van der Waals surface area (Å²) in [6.45, 7) is 4.82. The van der Waals surface area contributed by atoms with Gasteiger partial charge in [0.15, 0.2) is 5.82 Å². The first-order chi connectivity index (χ1) is 12.0. The molecule has 2 aromatic heterocycles. The molecule has 25 heavy (non-hydrogen) atoms. The predicted molar refractivity (Wildman–Crippen MR) is 91.6 cm³/mol. The van der Waals surface area contributed by atoms with Crippen LogP contribution in [0.5, 0.6) is 0 Å². The Morgan fingerprint density at radius 1 is 1.40 bits per heavy atom. The first-order valence-electron chi connectivity index (χ1n) is 7.13. The Bertz CT molecular complexity index is 839. The van der Waals surface area contributed by atoms with Crippen LogP contribution < -0.4 is 5.32 Å². The van der Waals surface area contributed by atoms with Crippen molar-refractivity contribution in [1.29, 1.82) is 0 Å². The maximum absolute atomic E-state index is 12.3. The highest BCUT2D eigenvalue weighted by Gasteiger charge is 2.14. The molecule has 2 rings (SSSR count). The van der Waals surface area contributed by atoms with Gasteiger partial charge in [-0.2, -0.15) is 4.98 Å². The highest BCUT2D eigenvalue weighted by atomic mass is 16.5. The topological polar surface area (TPSA) is 122 Å². The van der Waals surface area contributed by atoms with E-state index in [1.54, 1.807) is 24.4 Å². The molecular formula is C16H16N6O3. The molecule has 0 saturated carbocycles. The molecule has 1 amide bonds. The average molecular weight is 340 g/mol. The SMILES string of the molecule is C=N/C=C(\C=C(/C)C(=O)OC)C(=O)Nc1n[nH]c(-c2ccccn2)n1. The lowest BCUT2D eigenvalue weighted by Gasteiger charge is -2.03. The van der Waals surface area contributed by atoms with Crippen LogP contribution in [0.3, 0.4) is 0 Å². The summed E-state index contributed by atoms with van der Waals surface area (Å²) in [6, 6.07) is 5.33. The van der Waals surface area contributed by atoms with Crippen molar-refractivity contribution < 1.29 is 14.3 Å². The van der Waals surface area contributed by atoms with E-state index < -0.39 is 11.9 Å². The van der Waals surface area contributed by atoms with Gasteiger partial charge in [0.2, 0.25) is 5.95 Å². The van der Waals surface area contributed by atoms with Crippen LogP contribution >= 0.6 is 0 Å². The molecule has 0 radical (unpaired) electrons. The summed E-state index contributed by atoms with van der Waals surface area (Å²) < 4.78 is 4.59. The van der Waals surface area contributed by atoms with E-state index in [-0.39, 0.29) is 17.1 Å². The molecule has 0 aliphatic heterocycles. The van der Waals surface area contributed by atoms with Crippen LogP contribution in [0.2, 0.25) is 0 Å². The van der Waals surface area contributed by atoms with Gasteiger partial charge in [-0.05, 0) is 31.9 Å². The van der Waals surface area contributed by atoms with Crippen LogP contribution in [0.4, 0.5) is 5.95 Å². The fraction of sp³-hybridized carbons (Fsp3) is 0.125. The van der Waals surface area contributed by atoms with Crippen molar-refractivity contribution in [2.75, 3.05) is 12.4 Å². The lowest BCUT2D eigenvalue weighted by atomic mass is 10.1. The average Bonchev–Trinajstić information content (AvgIpc) is 3.09. The Morgan fingerprint density at radius 3 is 2.84 bits per heavy atom. The van der Waals surface area contributed by atoms with Crippen molar-refractivity contribution in [3.05, 3.63) is 47.8 Å². The molecule has 0 bridgehead atoms. The molecule has 0 fully saturated rings. The quantitative estimate of drug-likeness (QED) is 0.356. The monoisotopic (exact) mass is 340 g/mol. The Balaban J connectivity index is 2.17. The summed E-state index contributed by atoms with van der Waals surface area (Å²) in [6.07, 6.45) is 4.17. The summed E-state index contributed by atoms with van der Waals surface area (Å²) in [7, 11) is 1.25. The molecule has 0 aromatic carbocycles. The number of carbonyl (C=O) groups is 2. The third kappa shape index (κ3) is 4.67. The number of nitrogens with zero attached hydrogens (tertiary/aromatic N) is 4. The number of aliphatic imine (C=N–C) groups is 1. The third-order valence-electron chi connectivity index (χ3n) is 2.99. The number of anilines is 1. The van der Waals surface area contributed by atoms with Gasteiger partial charge in [0.25, 0.3) is 5.91 Å². The second kappa shape index (κ2) is 8.29. The van der Waals surface area contributed by atoms with E-state index >= 15 is 0 Å². The normalized spacial score (nSPS) is 11.8. The number of methoxy groups -OCH3 is 1. The Labute approximate surface area is 143 Å². The number of nitrogens with one attached hydrogen (secondary N) is 2. The van der Waals surface area contributed by atoms with Crippen molar-refractivity contribution in [3.8, 4) is 11.5 Å². The molecule has 2 N–H and O–H groups in total. The standard InChI is InChI=1S/C16H16N6O3/c1-10(15(24)25-3)8-11(9-17-2)14(23)20-16-19-13(21-22-16)12-6-4-5-7-18-12/h4-9H,2H2,1,3H3,(H2,19,20,21,22,23)/b10-8+,11-9+. The third-order valence-corrected chi connectivity index (χ3v) is 2.99. The van der Waals surface area contributed by atoms with Crippen molar-refractivity contribution in [1.82, 2.24) is 20.2 Å². The molecule has 0 aliphatic carbocycles. The molecule has 128 valence electrons. The number of aromatic nitrogens is 4. The fourth-order valence-corrected chi connectivity index (χ4v) is 1.82. The number of esters is 1. The van der Waals surface area contributed by atoms with E-state index in [2.05, 4.69) is 41.9 Å². The van der Waals surface area contributed by atoms with Crippen LogP contribution in [0.1, 0.15) is 6.92 Å². The van der Waals surface area contributed by atoms with Crippen molar-refractivity contribution in [3.63, 3.8) is 0 Å². The van der Waals surface area contributed by atoms with Crippen molar-refractivity contribution in [2.24, 2.45) is 4.99 Å². The minimum atomic E-state index is -0.557. The molecule has 0 aliphatic rings. The highest BCUT2D eigenvalue weighted by Crippen LogP contribution is 2.13. The zero-order valence-electron chi connectivity index (χ0n) is 13.7. The first-order valence-corrected chi connectivity index (χ1v) is 7.13. The Hall–Kier alpha value is -3.62. The first kappa shape index (κ1) is 17.7. The number of rotatable bonds is 6. The van der Waals surface area contributed by atoms with Crippen LogP contribution in [-0.2, 0) is 14.3 Å². The van der Waals surface area contributed by atoms with E-state index in [0.29, 0.717) is 11.5 Å². The zero-order valence-corrected chi connectivity index (χ0v) is 13.7. The fourth-order valence-electron chi connectivity index (χ4n) is 1.82. The van der Waals surface area contributed by atoms with Crippen LogP contribution in [0, 0.1) is 0 Å². The van der Waals surface area contributed by atoms with Gasteiger partial charge in [0, 0.05) is 18.0 Å². The predicted octanol–water partition coefficient (Wildman–Crippen LogP) is 1.51. The maximum Gasteiger partial charge on any atom is 0.333 e. The van der Waals surface area contributed by atoms with Crippen LogP contribution in [-0.4, -0.2) is 45.9 Å². The summed E-state index contributed by atoms with van der Waals surface area (Å²) in [5, 5.41) is 9.10. The van der Waals surface area contributed by atoms with Crippen LogP contribution in [0.15, 0.2) is 52.8 Å². The number of H-pyrrole nitrogens is 1. The van der Waals surface area contributed by atoms with Crippen molar-refractivity contribution >= 4 is 24.5 Å². The second-order valence-corrected chi connectivity index (χ2v) is 4.76. The summed E-state index contributed by atoms with van der Waals surface area (Å²) >= 11 is 0. The maximum atomic E-state index is 12.3. The van der Waals surface area contributed by atoms with Gasteiger partial charge in [-0.15, -0.1) is 5.10 Å².